The maximum absolute atomic E-state index is 12.4. The maximum Gasteiger partial charge on any atom is 0.322 e. The topological polar surface area (TPSA) is 41.6 Å². The first kappa shape index (κ1) is 16.2. The summed E-state index contributed by atoms with van der Waals surface area (Å²) in [5.74, 6) is 0.580. The highest BCUT2D eigenvalue weighted by atomic mass is 35.5. The van der Waals surface area contributed by atoms with Crippen LogP contribution in [0.3, 0.4) is 0 Å². The van der Waals surface area contributed by atoms with Crippen LogP contribution in [0.15, 0.2) is 48.5 Å². The Morgan fingerprint density at radius 2 is 1.95 bits per heavy atom. The standard InChI is InChI=1S/C17H19ClN2O2/c1-3-20(12-13-7-5-4-6-8-13)17(21)19-14-9-10-16(22-2)15(18)11-14/h4-11H,3,12H2,1-2H3,(H,19,21). The van der Waals surface area contributed by atoms with Gasteiger partial charge in [0.2, 0.25) is 0 Å². The maximum atomic E-state index is 12.4. The first-order chi connectivity index (χ1) is 10.6. The third kappa shape index (κ3) is 4.15. The molecule has 2 aromatic rings. The van der Waals surface area contributed by atoms with Gasteiger partial charge < -0.3 is 15.0 Å². The number of methoxy groups -OCH3 is 1. The summed E-state index contributed by atoms with van der Waals surface area (Å²) in [6.07, 6.45) is 0. The SMILES string of the molecule is CCN(Cc1ccccc1)C(=O)Nc1ccc(OC)c(Cl)c1. The van der Waals surface area contributed by atoms with E-state index in [0.29, 0.717) is 29.5 Å². The molecule has 0 aliphatic carbocycles. The monoisotopic (exact) mass is 318 g/mol. The summed E-state index contributed by atoms with van der Waals surface area (Å²) < 4.78 is 5.10. The number of benzene rings is 2. The largest absolute Gasteiger partial charge is 0.495 e. The number of carbonyl (C=O) groups is 1. The average molecular weight is 319 g/mol. The van der Waals surface area contributed by atoms with E-state index in [0.717, 1.165) is 5.56 Å². The van der Waals surface area contributed by atoms with Crippen molar-refractivity contribution in [3.05, 3.63) is 59.1 Å². The van der Waals surface area contributed by atoms with E-state index in [2.05, 4.69) is 5.32 Å². The predicted molar refractivity (Wildman–Crippen MR) is 89.5 cm³/mol. The van der Waals surface area contributed by atoms with Crippen LogP contribution in [0.4, 0.5) is 10.5 Å². The zero-order valence-electron chi connectivity index (χ0n) is 12.7. The Labute approximate surface area is 135 Å². The van der Waals surface area contributed by atoms with Gasteiger partial charge >= 0.3 is 6.03 Å². The Morgan fingerprint density at radius 1 is 1.23 bits per heavy atom. The fraction of sp³-hybridized carbons (Fsp3) is 0.235. The molecule has 0 fully saturated rings. The molecule has 0 aliphatic heterocycles. The number of urea groups is 1. The Balaban J connectivity index is 2.04. The van der Waals surface area contributed by atoms with Gasteiger partial charge in [-0.05, 0) is 30.7 Å². The van der Waals surface area contributed by atoms with Crippen molar-refractivity contribution < 1.29 is 9.53 Å². The van der Waals surface area contributed by atoms with Crippen LogP contribution in [0, 0.1) is 0 Å². The molecule has 0 bridgehead atoms. The van der Waals surface area contributed by atoms with Crippen molar-refractivity contribution in [1.82, 2.24) is 4.90 Å². The van der Waals surface area contributed by atoms with Crippen molar-refractivity contribution in [2.45, 2.75) is 13.5 Å². The minimum atomic E-state index is -0.160. The minimum Gasteiger partial charge on any atom is -0.495 e. The van der Waals surface area contributed by atoms with Gasteiger partial charge in [-0.1, -0.05) is 41.9 Å². The van der Waals surface area contributed by atoms with Gasteiger partial charge in [0.25, 0.3) is 0 Å². The van der Waals surface area contributed by atoms with Crippen molar-refractivity contribution in [3.8, 4) is 5.75 Å². The summed E-state index contributed by atoms with van der Waals surface area (Å²) in [4.78, 5) is 14.1. The molecule has 0 saturated heterocycles. The molecule has 2 amide bonds. The highest BCUT2D eigenvalue weighted by molar-refractivity contribution is 6.32. The second kappa shape index (κ2) is 7.71. The second-order valence-electron chi connectivity index (χ2n) is 4.78. The van der Waals surface area contributed by atoms with Crippen LogP contribution in [0.2, 0.25) is 5.02 Å². The molecule has 0 aliphatic rings. The van der Waals surface area contributed by atoms with Crippen molar-refractivity contribution in [2.24, 2.45) is 0 Å². The average Bonchev–Trinajstić information content (AvgIpc) is 2.53. The number of ether oxygens (including phenoxy) is 1. The molecule has 2 aromatic carbocycles. The molecule has 1 N–H and O–H groups in total. The highest BCUT2D eigenvalue weighted by Gasteiger charge is 2.13. The Morgan fingerprint density at radius 3 is 2.55 bits per heavy atom. The Kier molecular flexibility index (Phi) is 5.67. The van der Waals surface area contributed by atoms with Crippen LogP contribution in [-0.4, -0.2) is 24.6 Å². The van der Waals surface area contributed by atoms with E-state index >= 15 is 0 Å². The zero-order valence-corrected chi connectivity index (χ0v) is 13.4. The van der Waals surface area contributed by atoms with Gasteiger partial charge in [0, 0.05) is 18.8 Å². The summed E-state index contributed by atoms with van der Waals surface area (Å²) in [5.41, 5.74) is 1.73. The van der Waals surface area contributed by atoms with E-state index in [1.807, 2.05) is 37.3 Å². The third-order valence-electron chi connectivity index (χ3n) is 3.29. The second-order valence-corrected chi connectivity index (χ2v) is 5.19. The molecule has 2 rings (SSSR count). The van der Waals surface area contributed by atoms with E-state index in [4.69, 9.17) is 16.3 Å². The zero-order chi connectivity index (χ0) is 15.9. The summed E-state index contributed by atoms with van der Waals surface area (Å²) >= 11 is 6.07. The number of halogens is 1. The first-order valence-electron chi connectivity index (χ1n) is 7.07. The van der Waals surface area contributed by atoms with Crippen molar-refractivity contribution >= 4 is 23.3 Å². The van der Waals surface area contributed by atoms with Crippen LogP contribution in [0.5, 0.6) is 5.75 Å². The molecule has 0 saturated carbocycles. The van der Waals surface area contributed by atoms with E-state index in [1.165, 1.54) is 0 Å². The van der Waals surface area contributed by atoms with Gasteiger partial charge in [0.1, 0.15) is 5.75 Å². The Hall–Kier alpha value is -2.20. The van der Waals surface area contributed by atoms with Gasteiger partial charge in [-0.25, -0.2) is 4.79 Å². The third-order valence-corrected chi connectivity index (χ3v) is 3.58. The molecule has 116 valence electrons. The fourth-order valence-electron chi connectivity index (χ4n) is 2.08. The summed E-state index contributed by atoms with van der Waals surface area (Å²) in [6.45, 7) is 3.13. The molecule has 22 heavy (non-hydrogen) atoms. The fourth-order valence-corrected chi connectivity index (χ4v) is 2.34. The lowest BCUT2D eigenvalue weighted by Gasteiger charge is -2.21. The van der Waals surface area contributed by atoms with Crippen molar-refractivity contribution in [1.29, 1.82) is 0 Å². The van der Waals surface area contributed by atoms with Gasteiger partial charge in [-0.15, -0.1) is 0 Å². The number of nitrogens with zero attached hydrogens (tertiary/aromatic N) is 1. The molecule has 4 nitrogen and oxygen atoms in total. The number of hydrogen-bond donors (Lipinski definition) is 1. The molecular formula is C17H19ClN2O2. The number of anilines is 1. The highest BCUT2D eigenvalue weighted by Crippen LogP contribution is 2.27. The predicted octanol–water partition coefficient (Wildman–Crippen LogP) is 4.40. The van der Waals surface area contributed by atoms with Crippen molar-refractivity contribution in [3.63, 3.8) is 0 Å². The molecular weight excluding hydrogens is 300 g/mol. The number of carbonyl (C=O) groups excluding carboxylic acids is 1. The number of nitrogens with one attached hydrogen (secondary N) is 1. The van der Waals surface area contributed by atoms with E-state index in [-0.39, 0.29) is 6.03 Å². The lowest BCUT2D eigenvalue weighted by molar-refractivity contribution is 0.212. The number of amides is 2. The smallest absolute Gasteiger partial charge is 0.322 e. The molecule has 0 unspecified atom stereocenters. The van der Waals surface area contributed by atoms with Gasteiger partial charge in [-0.2, -0.15) is 0 Å². The quantitative estimate of drug-likeness (QED) is 0.887. The van der Waals surface area contributed by atoms with E-state index in [1.54, 1.807) is 30.2 Å². The lowest BCUT2D eigenvalue weighted by Crippen LogP contribution is -2.34. The normalized spacial score (nSPS) is 10.1. The lowest BCUT2D eigenvalue weighted by atomic mass is 10.2. The summed E-state index contributed by atoms with van der Waals surface area (Å²) in [6, 6.07) is 14.9. The molecule has 5 heteroatoms. The summed E-state index contributed by atoms with van der Waals surface area (Å²) in [5, 5.41) is 3.32. The van der Waals surface area contributed by atoms with Crippen LogP contribution >= 0.6 is 11.6 Å². The number of rotatable bonds is 5. The van der Waals surface area contributed by atoms with E-state index in [9.17, 15) is 4.79 Å². The molecule has 0 aromatic heterocycles. The van der Waals surface area contributed by atoms with Gasteiger partial charge in [-0.3, -0.25) is 0 Å². The van der Waals surface area contributed by atoms with Crippen LogP contribution in [0.25, 0.3) is 0 Å². The van der Waals surface area contributed by atoms with Gasteiger partial charge in [0.15, 0.2) is 0 Å². The van der Waals surface area contributed by atoms with Gasteiger partial charge in [0.05, 0.1) is 12.1 Å². The summed E-state index contributed by atoms with van der Waals surface area (Å²) in [7, 11) is 1.55. The first-order valence-corrected chi connectivity index (χ1v) is 7.45. The molecule has 0 heterocycles. The van der Waals surface area contributed by atoms with E-state index < -0.39 is 0 Å². The van der Waals surface area contributed by atoms with Crippen LogP contribution in [-0.2, 0) is 6.54 Å². The van der Waals surface area contributed by atoms with Crippen molar-refractivity contribution in [2.75, 3.05) is 19.0 Å². The van der Waals surface area contributed by atoms with Crippen LogP contribution in [0.1, 0.15) is 12.5 Å². The minimum absolute atomic E-state index is 0.160. The molecule has 0 atom stereocenters. The van der Waals surface area contributed by atoms with Crippen LogP contribution < -0.4 is 10.1 Å². The number of hydrogen-bond acceptors (Lipinski definition) is 2. The Bertz CT molecular complexity index is 632. The molecule has 0 radical (unpaired) electrons. The molecule has 0 spiro atoms.